The fraction of sp³-hybridized carbons (Fsp3) is 0.500. The summed E-state index contributed by atoms with van der Waals surface area (Å²) >= 11 is 0. The molecule has 2 aliphatic rings. The number of sulfonamides is 1. The largest absolute Gasteiger partial charge is 0.338 e. The van der Waals surface area contributed by atoms with E-state index in [0.717, 1.165) is 24.0 Å². The third-order valence-electron chi connectivity index (χ3n) is 6.09. The number of carbonyl (C=O) groups is 1. The first-order valence-corrected chi connectivity index (χ1v) is 12.3. The van der Waals surface area contributed by atoms with E-state index < -0.39 is 16.1 Å². The number of hydrogen-bond donors (Lipinski definition) is 1. The van der Waals surface area contributed by atoms with Crippen molar-refractivity contribution < 1.29 is 13.2 Å². The zero-order chi connectivity index (χ0) is 22.2. The topological polar surface area (TPSA) is 103 Å². The van der Waals surface area contributed by atoms with Gasteiger partial charge in [0.1, 0.15) is 5.82 Å². The molecule has 166 valence electrons. The van der Waals surface area contributed by atoms with Gasteiger partial charge in [0.05, 0.1) is 29.6 Å². The molecule has 0 saturated carbocycles. The third-order valence-corrected chi connectivity index (χ3v) is 7.94. The maximum atomic E-state index is 13.3. The number of hydrogen-bond acceptors (Lipinski definition) is 5. The van der Waals surface area contributed by atoms with Crippen LogP contribution in [0.3, 0.4) is 0 Å². The van der Waals surface area contributed by atoms with Gasteiger partial charge >= 0.3 is 0 Å². The molecule has 1 N–H and O–H groups in total. The lowest BCUT2D eigenvalue weighted by atomic mass is 10.0. The first-order chi connectivity index (χ1) is 14.7. The van der Waals surface area contributed by atoms with Gasteiger partial charge in [0, 0.05) is 26.4 Å². The van der Waals surface area contributed by atoms with E-state index in [0.29, 0.717) is 43.0 Å². The SMILES string of the molecule is CC(=O)N1CCc2nc([C@@H]3CCCCN3S(=O)(=O)Cc3cccc(C)c3)[nH]c(=O)c2C1. The Labute approximate surface area is 182 Å². The van der Waals surface area contributed by atoms with Crippen LogP contribution in [0.1, 0.15) is 60.4 Å². The molecule has 1 fully saturated rings. The number of aryl methyl sites for hydroxylation is 1. The van der Waals surface area contributed by atoms with Crippen LogP contribution in [0.15, 0.2) is 29.1 Å². The van der Waals surface area contributed by atoms with Crippen LogP contribution in [0.25, 0.3) is 0 Å². The summed E-state index contributed by atoms with van der Waals surface area (Å²) in [5.74, 6) is 0.260. The van der Waals surface area contributed by atoms with Crippen molar-refractivity contribution in [2.45, 2.75) is 57.9 Å². The van der Waals surface area contributed by atoms with Crippen LogP contribution in [0.4, 0.5) is 0 Å². The molecule has 1 aromatic carbocycles. The predicted octanol–water partition coefficient (Wildman–Crippen LogP) is 2.04. The second kappa shape index (κ2) is 8.55. The van der Waals surface area contributed by atoms with E-state index in [1.54, 1.807) is 4.90 Å². The molecule has 31 heavy (non-hydrogen) atoms. The lowest BCUT2D eigenvalue weighted by molar-refractivity contribution is -0.129. The van der Waals surface area contributed by atoms with Gasteiger partial charge in [-0.1, -0.05) is 36.2 Å². The van der Waals surface area contributed by atoms with Crippen molar-refractivity contribution in [2.75, 3.05) is 13.1 Å². The van der Waals surface area contributed by atoms with Gasteiger partial charge in [0.2, 0.25) is 15.9 Å². The van der Waals surface area contributed by atoms with Gasteiger partial charge in [-0.05, 0) is 25.3 Å². The second-order valence-electron chi connectivity index (χ2n) is 8.43. The Kier molecular flexibility index (Phi) is 5.98. The van der Waals surface area contributed by atoms with Gasteiger partial charge in [-0.15, -0.1) is 0 Å². The summed E-state index contributed by atoms with van der Waals surface area (Å²) in [4.78, 5) is 33.6. The van der Waals surface area contributed by atoms with Crippen LogP contribution in [-0.4, -0.2) is 46.6 Å². The van der Waals surface area contributed by atoms with Crippen molar-refractivity contribution in [3.63, 3.8) is 0 Å². The zero-order valence-electron chi connectivity index (χ0n) is 17.9. The van der Waals surface area contributed by atoms with E-state index in [4.69, 9.17) is 0 Å². The van der Waals surface area contributed by atoms with E-state index in [9.17, 15) is 18.0 Å². The number of benzene rings is 1. The molecule has 9 heteroatoms. The Morgan fingerprint density at radius 1 is 1.26 bits per heavy atom. The van der Waals surface area contributed by atoms with E-state index in [-0.39, 0.29) is 23.8 Å². The van der Waals surface area contributed by atoms with Crippen LogP contribution < -0.4 is 5.56 Å². The van der Waals surface area contributed by atoms with Crippen LogP contribution in [-0.2, 0) is 33.5 Å². The van der Waals surface area contributed by atoms with Crippen LogP contribution in [0, 0.1) is 6.92 Å². The first-order valence-electron chi connectivity index (χ1n) is 10.7. The number of aromatic amines is 1. The van der Waals surface area contributed by atoms with Crippen molar-refractivity contribution in [2.24, 2.45) is 0 Å². The maximum absolute atomic E-state index is 13.3. The molecule has 0 spiro atoms. The molecule has 1 atom stereocenters. The predicted molar refractivity (Wildman–Crippen MR) is 117 cm³/mol. The smallest absolute Gasteiger partial charge is 0.256 e. The van der Waals surface area contributed by atoms with Gasteiger partial charge < -0.3 is 9.88 Å². The summed E-state index contributed by atoms with van der Waals surface area (Å²) in [6, 6.07) is 7.03. The summed E-state index contributed by atoms with van der Waals surface area (Å²) in [6.07, 6.45) is 2.77. The first kappa shape index (κ1) is 21.7. The van der Waals surface area contributed by atoms with Crippen molar-refractivity contribution in [1.29, 1.82) is 0 Å². The van der Waals surface area contributed by atoms with Crippen molar-refractivity contribution in [1.82, 2.24) is 19.2 Å². The quantitative estimate of drug-likeness (QED) is 0.777. The minimum atomic E-state index is -3.59. The standard InChI is InChI=1S/C22H28N4O4S/c1-15-6-5-7-17(12-15)14-31(29,30)26-10-4-3-8-20(26)21-23-19-9-11-25(16(2)27)13-18(19)22(28)24-21/h5-7,12,20H,3-4,8-11,13-14H2,1-2H3,(H,23,24,28)/t20-/m0/s1. The van der Waals surface area contributed by atoms with E-state index >= 15 is 0 Å². The molecule has 0 radical (unpaired) electrons. The molecule has 3 heterocycles. The highest BCUT2D eigenvalue weighted by Gasteiger charge is 2.35. The van der Waals surface area contributed by atoms with E-state index in [2.05, 4.69) is 9.97 Å². The van der Waals surface area contributed by atoms with Gasteiger partial charge in [-0.25, -0.2) is 13.4 Å². The normalized spacial score (nSPS) is 19.8. The van der Waals surface area contributed by atoms with Crippen LogP contribution in [0.2, 0.25) is 0 Å². The number of H-pyrrole nitrogens is 1. The summed E-state index contributed by atoms with van der Waals surface area (Å²) in [7, 11) is -3.59. The molecule has 2 aromatic rings. The van der Waals surface area contributed by atoms with E-state index in [1.807, 2.05) is 31.2 Å². The van der Waals surface area contributed by atoms with Gasteiger partial charge in [-0.2, -0.15) is 4.31 Å². The summed E-state index contributed by atoms with van der Waals surface area (Å²) in [6.45, 7) is 4.60. The lowest BCUT2D eigenvalue weighted by Gasteiger charge is -2.35. The highest BCUT2D eigenvalue weighted by atomic mass is 32.2. The molecule has 0 unspecified atom stereocenters. The summed E-state index contributed by atoms with van der Waals surface area (Å²) in [5, 5.41) is 0. The van der Waals surface area contributed by atoms with Crippen molar-refractivity contribution in [3.8, 4) is 0 Å². The Hall–Kier alpha value is -2.52. The average Bonchev–Trinajstić information content (AvgIpc) is 2.73. The molecular weight excluding hydrogens is 416 g/mol. The Morgan fingerprint density at radius 3 is 2.81 bits per heavy atom. The molecular formula is C22H28N4O4S. The second-order valence-corrected chi connectivity index (χ2v) is 10.4. The zero-order valence-corrected chi connectivity index (χ0v) is 18.7. The Morgan fingerprint density at radius 2 is 2.06 bits per heavy atom. The maximum Gasteiger partial charge on any atom is 0.256 e. The molecule has 0 aliphatic carbocycles. The number of carbonyl (C=O) groups excluding carboxylic acids is 1. The molecule has 1 amide bonds. The van der Waals surface area contributed by atoms with Gasteiger partial charge in [0.15, 0.2) is 0 Å². The molecule has 2 aliphatic heterocycles. The van der Waals surface area contributed by atoms with Crippen molar-refractivity contribution >= 4 is 15.9 Å². The average molecular weight is 445 g/mol. The van der Waals surface area contributed by atoms with Gasteiger partial charge in [0.25, 0.3) is 5.56 Å². The molecule has 1 saturated heterocycles. The third kappa shape index (κ3) is 4.57. The lowest BCUT2D eigenvalue weighted by Crippen LogP contribution is -2.42. The molecule has 4 rings (SSSR count). The van der Waals surface area contributed by atoms with E-state index in [1.165, 1.54) is 11.2 Å². The Bertz CT molecular complexity index is 1160. The number of amides is 1. The minimum absolute atomic E-state index is 0.0742. The highest BCUT2D eigenvalue weighted by Crippen LogP contribution is 2.33. The molecule has 0 bridgehead atoms. The summed E-state index contributed by atoms with van der Waals surface area (Å²) in [5.41, 5.74) is 2.64. The number of piperidine rings is 1. The minimum Gasteiger partial charge on any atom is -0.338 e. The molecule has 8 nitrogen and oxygen atoms in total. The highest BCUT2D eigenvalue weighted by molar-refractivity contribution is 7.88. The fourth-order valence-corrected chi connectivity index (χ4v) is 6.24. The summed E-state index contributed by atoms with van der Waals surface area (Å²) < 4.78 is 28.1. The number of rotatable bonds is 4. The number of nitrogens with one attached hydrogen (secondary N) is 1. The van der Waals surface area contributed by atoms with Crippen LogP contribution in [0.5, 0.6) is 0 Å². The number of fused-ring (bicyclic) bond motifs is 1. The van der Waals surface area contributed by atoms with Crippen LogP contribution >= 0.6 is 0 Å². The number of nitrogens with zero attached hydrogens (tertiary/aromatic N) is 3. The van der Waals surface area contributed by atoms with Gasteiger partial charge in [-0.3, -0.25) is 9.59 Å². The number of aromatic nitrogens is 2. The monoisotopic (exact) mass is 444 g/mol. The molecule has 1 aromatic heterocycles. The fourth-order valence-electron chi connectivity index (χ4n) is 4.48. The van der Waals surface area contributed by atoms with Crippen molar-refractivity contribution in [3.05, 3.63) is 62.8 Å². The Balaban J connectivity index is 1.64.